The van der Waals surface area contributed by atoms with E-state index < -0.39 is 0 Å². The zero-order valence-corrected chi connectivity index (χ0v) is 11.6. The Hall–Kier alpha value is -1.02. The highest BCUT2D eigenvalue weighted by molar-refractivity contribution is 5.30. The number of aliphatic hydroxyl groups excluding tert-OH is 1. The Kier molecular flexibility index (Phi) is 4.28. The lowest BCUT2D eigenvalue weighted by Gasteiger charge is -2.32. The number of hydrogen-bond donors (Lipinski definition) is 1. The average molecular weight is 248 g/mol. The molecular weight excluding hydrogens is 224 g/mol. The summed E-state index contributed by atoms with van der Waals surface area (Å²) in [5.41, 5.74) is 1.28. The number of aliphatic hydroxyl groups is 1. The summed E-state index contributed by atoms with van der Waals surface area (Å²) in [5.74, 6) is 2.04. The third kappa shape index (κ3) is 3.26. The minimum Gasteiger partial charge on any atom is -0.488 e. The zero-order chi connectivity index (χ0) is 13.1. The summed E-state index contributed by atoms with van der Waals surface area (Å²) in [6, 6.07) is 8.23. The van der Waals surface area contributed by atoms with Gasteiger partial charge in [-0.1, -0.05) is 32.9 Å². The highest BCUT2D eigenvalue weighted by atomic mass is 16.5. The lowest BCUT2D eigenvalue weighted by molar-refractivity contribution is -0.00762. The van der Waals surface area contributed by atoms with Gasteiger partial charge in [0.1, 0.15) is 11.9 Å². The molecule has 0 bridgehead atoms. The second kappa shape index (κ2) is 5.75. The van der Waals surface area contributed by atoms with Gasteiger partial charge in [0.05, 0.1) is 6.10 Å². The van der Waals surface area contributed by atoms with Crippen LogP contribution in [0.4, 0.5) is 0 Å². The zero-order valence-electron chi connectivity index (χ0n) is 11.6. The quantitative estimate of drug-likeness (QED) is 0.883. The predicted molar refractivity (Wildman–Crippen MR) is 74.0 cm³/mol. The van der Waals surface area contributed by atoms with E-state index in [1.54, 1.807) is 0 Å². The first-order chi connectivity index (χ1) is 8.56. The van der Waals surface area contributed by atoms with Crippen LogP contribution in [0, 0.1) is 5.92 Å². The monoisotopic (exact) mass is 248 g/mol. The van der Waals surface area contributed by atoms with Gasteiger partial charge in [0.2, 0.25) is 0 Å². The fraction of sp³-hybridized carbons (Fsp3) is 0.625. The van der Waals surface area contributed by atoms with E-state index in [-0.39, 0.29) is 12.2 Å². The van der Waals surface area contributed by atoms with Gasteiger partial charge in [-0.2, -0.15) is 0 Å². The Morgan fingerprint density at radius 1 is 1.28 bits per heavy atom. The van der Waals surface area contributed by atoms with Gasteiger partial charge in [-0.3, -0.25) is 0 Å². The van der Waals surface area contributed by atoms with Gasteiger partial charge in [0.15, 0.2) is 0 Å². The summed E-state index contributed by atoms with van der Waals surface area (Å²) in [6.45, 7) is 6.58. The topological polar surface area (TPSA) is 29.5 Å². The Morgan fingerprint density at radius 2 is 2.06 bits per heavy atom. The fourth-order valence-corrected chi connectivity index (χ4v) is 2.56. The molecule has 0 saturated heterocycles. The van der Waals surface area contributed by atoms with Crippen LogP contribution < -0.4 is 4.74 Å². The molecule has 1 aromatic rings. The Morgan fingerprint density at radius 3 is 2.78 bits per heavy atom. The molecule has 1 aromatic carbocycles. The molecule has 1 saturated carbocycles. The van der Waals surface area contributed by atoms with Crippen LogP contribution in [-0.2, 0) is 0 Å². The number of ether oxygens (including phenoxy) is 1. The molecule has 1 aliphatic carbocycles. The van der Waals surface area contributed by atoms with Gasteiger partial charge in [-0.05, 0) is 48.8 Å². The van der Waals surface area contributed by atoms with E-state index in [1.807, 2.05) is 12.1 Å². The van der Waals surface area contributed by atoms with Crippen LogP contribution >= 0.6 is 0 Å². The van der Waals surface area contributed by atoms with Crippen molar-refractivity contribution < 1.29 is 9.84 Å². The maximum Gasteiger partial charge on any atom is 0.125 e. The van der Waals surface area contributed by atoms with E-state index >= 15 is 0 Å². The van der Waals surface area contributed by atoms with Crippen molar-refractivity contribution in [2.75, 3.05) is 0 Å². The van der Waals surface area contributed by atoms with Crippen LogP contribution in [0.25, 0.3) is 0 Å². The van der Waals surface area contributed by atoms with Crippen molar-refractivity contribution in [2.24, 2.45) is 5.92 Å². The van der Waals surface area contributed by atoms with Crippen molar-refractivity contribution in [3.05, 3.63) is 29.8 Å². The second-order valence-electron chi connectivity index (χ2n) is 5.87. The first-order valence-electron chi connectivity index (χ1n) is 7.01. The fourth-order valence-electron chi connectivity index (χ4n) is 2.56. The predicted octanol–water partition coefficient (Wildman–Crippen LogP) is 3.74. The van der Waals surface area contributed by atoms with Gasteiger partial charge >= 0.3 is 0 Å². The van der Waals surface area contributed by atoms with Crippen LogP contribution in [0.3, 0.4) is 0 Å². The van der Waals surface area contributed by atoms with Gasteiger partial charge in [0, 0.05) is 0 Å². The van der Waals surface area contributed by atoms with E-state index in [2.05, 4.69) is 32.9 Å². The van der Waals surface area contributed by atoms with Crippen LogP contribution in [0.15, 0.2) is 24.3 Å². The van der Waals surface area contributed by atoms with Gasteiger partial charge in [-0.25, -0.2) is 0 Å². The SMILES string of the molecule is CC1CCC(O)C(Oc2cccc(C(C)C)c2)C1. The molecule has 1 N–H and O–H groups in total. The molecule has 2 rings (SSSR count). The van der Waals surface area contributed by atoms with Crippen LogP contribution in [0.5, 0.6) is 5.75 Å². The van der Waals surface area contributed by atoms with Crippen molar-refractivity contribution in [3.63, 3.8) is 0 Å². The number of benzene rings is 1. The Balaban J connectivity index is 2.06. The smallest absolute Gasteiger partial charge is 0.125 e. The first kappa shape index (κ1) is 13.4. The highest BCUT2D eigenvalue weighted by Crippen LogP contribution is 2.29. The van der Waals surface area contributed by atoms with Crippen molar-refractivity contribution in [1.82, 2.24) is 0 Å². The summed E-state index contributed by atoms with van der Waals surface area (Å²) >= 11 is 0. The molecule has 0 spiro atoms. The van der Waals surface area contributed by atoms with Gasteiger partial charge < -0.3 is 9.84 Å². The van der Waals surface area contributed by atoms with E-state index in [1.165, 1.54) is 5.56 Å². The second-order valence-corrected chi connectivity index (χ2v) is 5.87. The standard InChI is InChI=1S/C16H24O2/c1-11(2)13-5-4-6-14(10-13)18-16-9-12(3)7-8-15(16)17/h4-6,10-12,15-17H,7-9H2,1-3H3. The van der Waals surface area contributed by atoms with E-state index in [4.69, 9.17) is 4.74 Å². The highest BCUT2D eigenvalue weighted by Gasteiger charge is 2.28. The lowest BCUT2D eigenvalue weighted by Crippen LogP contribution is -2.37. The molecule has 18 heavy (non-hydrogen) atoms. The molecule has 0 heterocycles. The molecule has 2 heteroatoms. The minimum absolute atomic E-state index is 0.0452. The Labute approximate surface area is 110 Å². The molecule has 0 aliphatic heterocycles. The van der Waals surface area contributed by atoms with Gasteiger partial charge in [0.25, 0.3) is 0 Å². The first-order valence-corrected chi connectivity index (χ1v) is 7.01. The maximum atomic E-state index is 10.0. The molecule has 0 radical (unpaired) electrons. The molecule has 1 fully saturated rings. The lowest BCUT2D eigenvalue weighted by atomic mass is 9.86. The molecule has 0 aromatic heterocycles. The van der Waals surface area contributed by atoms with Crippen molar-refractivity contribution >= 4 is 0 Å². The number of rotatable bonds is 3. The molecule has 3 atom stereocenters. The number of hydrogen-bond acceptors (Lipinski definition) is 2. The van der Waals surface area contributed by atoms with Crippen molar-refractivity contribution in [1.29, 1.82) is 0 Å². The minimum atomic E-state index is -0.316. The van der Waals surface area contributed by atoms with Crippen LogP contribution in [0.2, 0.25) is 0 Å². The van der Waals surface area contributed by atoms with E-state index in [0.717, 1.165) is 25.0 Å². The summed E-state index contributed by atoms with van der Waals surface area (Å²) in [5, 5.41) is 10.0. The van der Waals surface area contributed by atoms with E-state index in [0.29, 0.717) is 11.8 Å². The van der Waals surface area contributed by atoms with Crippen molar-refractivity contribution in [2.45, 2.75) is 58.2 Å². The normalized spacial score (nSPS) is 28.4. The maximum absolute atomic E-state index is 10.0. The third-order valence-electron chi connectivity index (χ3n) is 3.83. The summed E-state index contributed by atoms with van der Waals surface area (Å²) < 4.78 is 5.98. The summed E-state index contributed by atoms with van der Waals surface area (Å²) in [6.07, 6.45) is 2.55. The molecule has 100 valence electrons. The van der Waals surface area contributed by atoms with Crippen LogP contribution in [0.1, 0.15) is 51.5 Å². The largest absolute Gasteiger partial charge is 0.488 e. The van der Waals surface area contributed by atoms with Crippen LogP contribution in [-0.4, -0.2) is 17.3 Å². The van der Waals surface area contributed by atoms with E-state index in [9.17, 15) is 5.11 Å². The third-order valence-corrected chi connectivity index (χ3v) is 3.83. The molecule has 0 amide bonds. The molecule has 2 nitrogen and oxygen atoms in total. The van der Waals surface area contributed by atoms with Crippen molar-refractivity contribution in [3.8, 4) is 5.75 Å². The Bertz CT molecular complexity index is 386. The molecule has 1 aliphatic rings. The molecule has 3 unspecified atom stereocenters. The summed E-state index contributed by atoms with van der Waals surface area (Å²) in [4.78, 5) is 0. The average Bonchev–Trinajstić information content (AvgIpc) is 2.34. The summed E-state index contributed by atoms with van der Waals surface area (Å²) in [7, 11) is 0. The molecular formula is C16H24O2. The van der Waals surface area contributed by atoms with Gasteiger partial charge in [-0.15, -0.1) is 0 Å².